The molecule has 0 amide bonds. The number of nitrogens with two attached hydrogens (primary N) is 1. The largest absolute Gasteiger partial charge is 0.389 e. The molecule has 0 aromatic heterocycles. The third-order valence-corrected chi connectivity index (χ3v) is 5.84. The Kier molecular flexibility index (Phi) is 1.87. The van der Waals surface area contributed by atoms with Crippen LogP contribution in [0.25, 0.3) is 0 Å². The number of aliphatic hydroxyl groups is 4. The summed E-state index contributed by atoms with van der Waals surface area (Å²) in [4.78, 5) is 0. The van der Waals surface area contributed by atoms with Crippen molar-refractivity contribution in [2.75, 3.05) is 0 Å². The van der Waals surface area contributed by atoms with Gasteiger partial charge in [-0.1, -0.05) is 27.7 Å². The summed E-state index contributed by atoms with van der Waals surface area (Å²) in [5.41, 5.74) is 1.21. The number of rotatable bonds is 1. The van der Waals surface area contributed by atoms with Gasteiger partial charge in [0.2, 0.25) is 5.79 Å². The van der Waals surface area contributed by atoms with E-state index in [0.717, 1.165) is 0 Å². The van der Waals surface area contributed by atoms with E-state index < -0.39 is 46.1 Å². The second kappa shape index (κ2) is 2.63. The molecule has 3 fully saturated rings. The van der Waals surface area contributed by atoms with Crippen LogP contribution in [0.4, 0.5) is 0 Å². The molecule has 6 nitrogen and oxygen atoms in total. The van der Waals surface area contributed by atoms with Gasteiger partial charge in [0.05, 0.1) is 17.6 Å². The lowest BCUT2D eigenvalue weighted by atomic mass is 9.89. The van der Waals surface area contributed by atoms with Gasteiger partial charge in [-0.05, 0) is 0 Å². The van der Waals surface area contributed by atoms with E-state index in [4.69, 9.17) is 10.5 Å². The molecule has 104 valence electrons. The van der Waals surface area contributed by atoms with Crippen LogP contribution in [0.1, 0.15) is 27.7 Å². The van der Waals surface area contributed by atoms with E-state index in [1.807, 2.05) is 0 Å². The van der Waals surface area contributed by atoms with Crippen LogP contribution < -0.4 is 5.73 Å². The molecule has 18 heavy (non-hydrogen) atoms. The first-order chi connectivity index (χ1) is 7.90. The van der Waals surface area contributed by atoms with Gasteiger partial charge in [0.25, 0.3) is 0 Å². The summed E-state index contributed by atoms with van der Waals surface area (Å²) in [6.07, 6.45) is -1.96. The molecule has 0 bridgehead atoms. The van der Waals surface area contributed by atoms with Gasteiger partial charge in [0.1, 0.15) is 17.3 Å². The maximum atomic E-state index is 10.5. The minimum absolute atomic E-state index is 0.761. The Labute approximate surface area is 105 Å². The molecular formula is C12H21NO5. The third-order valence-electron chi connectivity index (χ3n) is 5.84. The molecule has 1 saturated heterocycles. The number of ether oxygens (including phenoxy) is 1. The minimum atomic E-state index is -1.75. The molecule has 1 heterocycles. The molecule has 6 atom stereocenters. The summed E-state index contributed by atoms with van der Waals surface area (Å²) in [6.45, 7) is 6.69. The fourth-order valence-corrected chi connectivity index (χ4v) is 3.81. The van der Waals surface area contributed by atoms with Crippen molar-refractivity contribution in [3.05, 3.63) is 0 Å². The highest BCUT2D eigenvalue weighted by molar-refractivity contribution is 5.40. The predicted octanol–water partition coefficient (Wildman–Crippen LogP) is -1.70. The van der Waals surface area contributed by atoms with Gasteiger partial charge >= 0.3 is 0 Å². The molecular weight excluding hydrogens is 238 g/mol. The van der Waals surface area contributed by atoms with Gasteiger partial charge in [-0.25, -0.2) is 0 Å². The Hall–Kier alpha value is -0.240. The zero-order chi connectivity index (χ0) is 13.9. The highest BCUT2D eigenvalue weighted by atomic mass is 16.7. The third kappa shape index (κ3) is 0.819. The first-order valence-corrected chi connectivity index (χ1v) is 6.19. The molecule has 0 spiro atoms. The van der Waals surface area contributed by atoms with E-state index in [2.05, 4.69) is 0 Å². The smallest absolute Gasteiger partial charge is 0.206 e. The Balaban J connectivity index is 1.95. The molecule has 6 N–H and O–H groups in total. The summed E-state index contributed by atoms with van der Waals surface area (Å²) in [7, 11) is 0. The summed E-state index contributed by atoms with van der Waals surface area (Å²) in [5.74, 6) is -1.75. The van der Waals surface area contributed by atoms with Crippen LogP contribution in [-0.2, 0) is 4.74 Å². The lowest BCUT2D eigenvalue weighted by Crippen LogP contribution is -2.54. The van der Waals surface area contributed by atoms with Gasteiger partial charge in [-0.2, -0.15) is 0 Å². The van der Waals surface area contributed by atoms with E-state index in [0.29, 0.717) is 0 Å². The van der Waals surface area contributed by atoms with E-state index in [-0.39, 0.29) is 0 Å². The van der Waals surface area contributed by atoms with Crippen molar-refractivity contribution >= 4 is 0 Å². The van der Waals surface area contributed by atoms with E-state index in [9.17, 15) is 20.4 Å². The molecule has 0 radical (unpaired) electrons. The first-order valence-electron chi connectivity index (χ1n) is 6.19. The van der Waals surface area contributed by atoms with Crippen molar-refractivity contribution in [3.63, 3.8) is 0 Å². The maximum Gasteiger partial charge on any atom is 0.206 e. The summed E-state index contributed by atoms with van der Waals surface area (Å²) >= 11 is 0. The number of hydrogen-bond acceptors (Lipinski definition) is 6. The van der Waals surface area contributed by atoms with Crippen molar-refractivity contribution < 1.29 is 25.2 Å². The summed E-state index contributed by atoms with van der Waals surface area (Å²) in [5, 5.41) is 41.0. The summed E-state index contributed by atoms with van der Waals surface area (Å²) < 4.78 is 5.46. The van der Waals surface area contributed by atoms with Crippen molar-refractivity contribution in [2.24, 2.45) is 16.6 Å². The quantitative estimate of drug-likeness (QED) is 0.383. The van der Waals surface area contributed by atoms with Crippen molar-refractivity contribution in [2.45, 2.75) is 62.9 Å². The van der Waals surface area contributed by atoms with Crippen LogP contribution in [-0.4, -0.2) is 55.7 Å². The van der Waals surface area contributed by atoms with Gasteiger partial charge < -0.3 is 30.9 Å². The second-order valence-electron chi connectivity index (χ2n) is 7.05. The number of fused-ring (bicyclic) bond motifs is 1. The second-order valence-corrected chi connectivity index (χ2v) is 7.05. The normalized spacial score (nSPS) is 63.5. The van der Waals surface area contributed by atoms with E-state index in [1.165, 1.54) is 0 Å². The van der Waals surface area contributed by atoms with Crippen LogP contribution in [0.15, 0.2) is 0 Å². The average molecular weight is 259 g/mol. The zero-order valence-electron chi connectivity index (χ0n) is 11.0. The first kappa shape index (κ1) is 12.8. The van der Waals surface area contributed by atoms with Gasteiger partial charge in [-0.3, -0.25) is 0 Å². The van der Waals surface area contributed by atoms with E-state index >= 15 is 0 Å². The average Bonchev–Trinajstić information content (AvgIpc) is 2.72. The number of hydrogen-bond donors (Lipinski definition) is 5. The molecule has 1 aliphatic heterocycles. The lowest BCUT2D eigenvalue weighted by Gasteiger charge is -2.31. The van der Waals surface area contributed by atoms with Crippen LogP contribution in [0.3, 0.4) is 0 Å². The van der Waals surface area contributed by atoms with Crippen molar-refractivity contribution in [1.82, 2.24) is 0 Å². The Morgan fingerprint density at radius 3 is 1.78 bits per heavy atom. The van der Waals surface area contributed by atoms with Crippen LogP contribution in [0, 0.1) is 10.8 Å². The van der Waals surface area contributed by atoms with Crippen LogP contribution in [0.5, 0.6) is 0 Å². The zero-order valence-corrected chi connectivity index (χ0v) is 11.0. The topological polar surface area (TPSA) is 116 Å². The van der Waals surface area contributed by atoms with Crippen molar-refractivity contribution in [3.8, 4) is 0 Å². The lowest BCUT2D eigenvalue weighted by molar-refractivity contribution is -0.200. The highest BCUT2D eigenvalue weighted by Gasteiger charge is 2.95. The maximum absolute atomic E-state index is 10.5. The van der Waals surface area contributed by atoms with Gasteiger partial charge in [0.15, 0.2) is 0 Å². The van der Waals surface area contributed by atoms with Crippen LogP contribution in [0.2, 0.25) is 0 Å². The molecule has 0 aromatic carbocycles. The Morgan fingerprint density at radius 2 is 1.50 bits per heavy atom. The highest BCUT2D eigenvalue weighted by Crippen LogP contribution is 2.74. The SMILES string of the molecule is CC1(C)C(O)[C@@]1(O)[C@H]1O[C@@]2(O)C(C)(C)[C@@]2(O)[C@@H]1N. The molecule has 3 rings (SSSR count). The predicted molar refractivity (Wildman–Crippen MR) is 61.3 cm³/mol. The fourth-order valence-electron chi connectivity index (χ4n) is 3.81. The monoisotopic (exact) mass is 259 g/mol. The van der Waals surface area contributed by atoms with Crippen molar-refractivity contribution in [1.29, 1.82) is 0 Å². The summed E-state index contributed by atoms with van der Waals surface area (Å²) in [6, 6.07) is -0.945. The minimum Gasteiger partial charge on any atom is -0.389 e. The molecule has 2 saturated carbocycles. The Bertz CT molecular complexity index is 438. The van der Waals surface area contributed by atoms with E-state index in [1.54, 1.807) is 27.7 Å². The standard InChI is InChI=1S/C12H21NO5/c1-8(2)7(14)10(8,15)6-5(13)11(16)9(3,4)12(11,17)18-6/h5-7,14-17H,13H2,1-4H3/t5-,6+,7?,10+,11+,12+/m1/s1. The molecule has 6 heteroatoms. The van der Waals surface area contributed by atoms with Gasteiger partial charge in [0, 0.05) is 5.41 Å². The molecule has 0 aromatic rings. The molecule has 3 aliphatic rings. The van der Waals surface area contributed by atoms with Crippen LogP contribution >= 0.6 is 0 Å². The number of aliphatic hydroxyl groups excluding tert-OH is 1. The Morgan fingerprint density at radius 1 is 1.06 bits per heavy atom. The molecule has 1 unspecified atom stereocenters. The van der Waals surface area contributed by atoms with Gasteiger partial charge in [-0.15, -0.1) is 0 Å². The molecule has 2 aliphatic carbocycles. The fraction of sp³-hybridized carbons (Fsp3) is 1.00.